The second-order valence-corrected chi connectivity index (χ2v) is 7.98. The first kappa shape index (κ1) is 20.4. The molecule has 8 heteroatoms. The van der Waals surface area contributed by atoms with Crippen molar-refractivity contribution in [3.63, 3.8) is 0 Å². The van der Waals surface area contributed by atoms with Crippen LogP contribution in [0.1, 0.15) is 29.0 Å². The number of aryl methyl sites for hydroxylation is 1. The summed E-state index contributed by atoms with van der Waals surface area (Å²) < 4.78 is 50.6. The summed E-state index contributed by atoms with van der Waals surface area (Å²) in [6.07, 6.45) is 3.33. The number of hydrogen-bond acceptors (Lipinski definition) is 4. The SMILES string of the molecule is Cc1ccc(CN2CC(c3ccc(OC(F)F)c4oc5cnccc5c34)CC2=O)c(F)c1. The molecule has 1 atom stereocenters. The maximum atomic E-state index is 14.3. The molecule has 2 aromatic heterocycles. The molecule has 1 fully saturated rings. The van der Waals surface area contributed by atoms with E-state index in [-0.39, 0.29) is 41.9 Å². The lowest BCUT2D eigenvalue weighted by molar-refractivity contribution is -0.128. The smallest absolute Gasteiger partial charge is 0.387 e. The first-order valence-corrected chi connectivity index (χ1v) is 10.2. The van der Waals surface area contributed by atoms with E-state index in [0.29, 0.717) is 28.5 Å². The monoisotopic (exact) mass is 440 g/mol. The van der Waals surface area contributed by atoms with Crippen molar-refractivity contribution in [1.82, 2.24) is 9.88 Å². The molecule has 5 nitrogen and oxygen atoms in total. The Bertz CT molecular complexity index is 1340. The lowest BCUT2D eigenvalue weighted by atomic mass is 9.93. The molecule has 0 N–H and O–H groups in total. The van der Waals surface area contributed by atoms with Crippen LogP contribution in [-0.2, 0) is 11.3 Å². The summed E-state index contributed by atoms with van der Waals surface area (Å²) in [6, 6.07) is 9.83. The number of pyridine rings is 1. The number of furan rings is 1. The van der Waals surface area contributed by atoms with Gasteiger partial charge in [-0.3, -0.25) is 9.78 Å². The first-order chi connectivity index (χ1) is 15.4. The van der Waals surface area contributed by atoms with Crippen molar-refractivity contribution >= 4 is 27.8 Å². The fourth-order valence-electron chi connectivity index (χ4n) is 4.38. The van der Waals surface area contributed by atoms with Crippen LogP contribution in [0, 0.1) is 12.7 Å². The average Bonchev–Trinajstić information content (AvgIpc) is 3.31. The number of carbonyl (C=O) groups is 1. The normalized spacial score (nSPS) is 16.6. The predicted octanol–water partition coefficient (Wildman–Crippen LogP) is 5.55. The van der Waals surface area contributed by atoms with E-state index in [9.17, 15) is 18.0 Å². The van der Waals surface area contributed by atoms with Gasteiger partial charge in [0.1, 0.15) is 5.82 Å². The van der Waals surface area contributed by atoms with Crippen LogP contribution in [0.15, 0.2) is 53.2 Å². The minimum atomic E-state index is -3.00. The third-order valence-corrected chi connectivity index (χ3v) is 5.86. The Morgan fingerprint density at radius 1 is 1.25 bits per heavy atom. The molecule has 1 aliphatic rings. The van der Waals surface area contributed by atoms with Crippen LogP contribution in [0.3, 0.4) is 0 Å². The van der Waals surface area contributed by atoms with Crippen molar-refractivity contribution in [2.75, 3.05) is 6.54 Å². The van der Waals surface area contributed by atoms with Gasteiger partial charge >= 0.3 is 6.61 Å². The van der Waals surface area contributed by atoms with E-state index < -0.39 is 6.61 Å². The molecule has 32 heavy (non-hydrogen) atoms. The summed E-state index contributed by atoms with van der Waals surface area (Å²) in [4.78, 5) is 18.4. The van der Waals surface area contributed by atoms with Crippen LogP contribution in [-0.4, -0.2) is 28.9 Å². The summed E-state index contributed by atoms with van der Waals surface area (Å²) in [6.45, 7) is -0.633. The zero-order chi connectivity index (χ0) is 22.4. The number of ether oxygens (including phenoxy) is 1. The molecule has 1 aliphatic heterocycles. The first-order valence-electron chi connectivity index (χ1n) is 10.2. The molecule has 0 saturated carbocycles. The Hall–Kier alpha value is -3.55. The van der Waals surface area contributed by atoms with Gasteiger partial charge in [0.15, 0.2) is 16.9 Å². The highest BCUT2D eigenvalue weighted by Crippen LogP contribution is 2.42. The van der Waals surface area contributed by atoms with Crippen molar-refractivity contribution in [2.45, 2.75) is 32.4 Å². The van der Waals surface area contributed by atoms with Crippen LogP contribution in [0.2, 0.25) is 0 Å². The number of carbonyl (C=O) groups excluding carboxylic acids is 1. The number of likely N-dealkylation sites (tertiary alicyclic amines) is 1. The third-order valence-electron chi connectivity index (χ3n) is 5.86. The highest BCUT2D eigenvalue weighted by Gasteiger charge is 2.33. The van der Waals surface area contributed by atoms with E-state index in [1.807, 2.05) is 6.07 Å². The van der Waals surface area contributed by atoms with Gasteiger partial charge in [-0.2, -0.15) is 8.78 Å². The fraction of sp³-hybridized carbons (Fsp3) is 0.250. The fourth-order valence-corrected chi connectivity index (χ4v) is 4.38. The van der Waals surface area contributed by atoms with E-state index >= 15 is 0 Å². The predicted molar refractivity (Wildman–Crippen MR) is 112 cm³/mol. The van der Waals surface area contributed by atoms with Crippen LogP contribution < -0.4 is 4.74 Å². The topological polar surface area (TPSA) is 55.6 Å². The Morgan fingerprint density at radius 3 is 2.88 bits per heavy atom. The standard InChI is InChI=1S/C24H19F3N2O3/c1-13-2-3-14(18(25)8-13)11-29-12-15(9-21(29)30)16-4-5-19(32-24(26)27)23-22(16)17-6-7-28-10-20(17)31-23/h2-8,10,15,24H,9,11-12H2,1H3. The molecule has 0 bridgehead atoms. The van der Waals surface area contributed by atoms with Crippen LogP contribution in [0.5, 0.6) is 5.75 Å². The van der Waals surface area contributed by atoms with Gasteiger partial charge in [-0.1, -0.05) is 18.2 Å². The summed E-state index contributed by atoms with van der Waals surface area (Å²) in [7, 11) is 0. The van der Waals surface area contributed by atoms with Gasteiger partial charge in [-0.05, 0) is 36.2 Å². The second kappa shape index (κ2) is 7.85. The van der Waals surface area contributed by atoms with Gasteiger partial charge in [-0.15, -0.1) is 0 Å². The van der Waals surface area contributed by atoms with Crippen LogP contribution in [0.4, 0.5) is 13.2 Å². The van der Waals surface area contributed by atoms with Crippen molar-refractivity contribution in [1.29, 1.82) is 0 Å². The number of rotatable bonds is 5. The van der Waals surface area contributed by atoms with Crippen molar-refractivity contribution in [3.8, 4) is 5.75 Å². The zero-order valence-corrected chi connectivity index (χ0v) is 17.1. The number of aromatic nitrogens is 1. The van der Waals surface area contributed by atoms with Crippen molar-refractivity contribution < 1.29 is 27.1 Å². The number of halogens is 3. The summed E-state index contributed by atoms with van der Waals surface area (Å²) >= 11 is 0. The van der Waals surface area contributed by atoms with E-state index in [1.165, 1.54) is 18.3 Å². The lowest BCUT2D eigenvalue weighted by Gasteiger charge is -2.18. The molecule has 1 saturated heterocycles. The maximum absolute atomic E-state index is 14.3. The molecule has 4 aromatic rings. The van der Waals surface area contributed by atoms with Crippen molar-refractivity contribution in [2.24, 2.45) is 0 Å². The molecule has 164 valence electrons. The number of amides is 1. The molecule has 5 rings (SSSR count). The molecular formula is C24H19F3N2O3. The maximum Gasteiger partial charge on any atom is 0.387 e. The average molecular weight is 440 g/mol. The number of alkyl halides is 2. The van der Waals surface area contributed by atoms with E-state index in [1.54, 1.807) is 36.2 Å². The molecule has 0 aliphatic carbocycles. The summed E-state index contributed by atoms with van der Waals surface area (Å²) in [5, 5.41) is 1.34. The van der Waals surface area contributed by atoms with Gasteiger partial charge in [-0.25, -0.2) is 4.39 Å². The number of nitrogens with zero attached hydrogens (tertiary/aromatic N) is 2. The molecule has 1 amide bonds. The largest absolute Gasteiger partial charge is 0.451 e. The molecular weight excluding hydrogens is 421 g/mol. The van der Waals surface area contributed by atoms with Crippen molar-refractivity contribution in [3.05, 3.63) is 71.3 Å². The second-order valence-electron chi connectivity index (χ2n) is 7.98. The Labute approximate surface area is 181 Å². The lowest BCUT2D eigenvalue weighted by Crippen LogP contribution is -2.25. The van der Waals surface area contributed by atoms with Gasteiger partial charge in [0.25, 0.3) is 0 Å². The zero-order valence-electron chi connectivity index (χ0n) is 17.1. The third kappa shape index (κ3) is 3.55. The van der Waals surface area contributed by atoms with Gasteiger partial charge in [0, 0.05) is 48.0 Å². The quantitative estimate of drug-likeness (QED) is 0.409. The van der Waals surface area contributed by atoms with E-state index in [4.69, 9.17) is 4.42 Å². The summed E-state index contributed by atoms with van der Waals surface area (Å²) in [5.41, 5.74) is 2.70. The minimum absolute atomic E-state index is 0.0714. The number of benzene rings is 2. The molecule has 1 unspecified atom stereocenters. The Kier molecular flexibility index (Phi) is 5.00. The van der Waals surface area contributed by atoms with Gasteiger partial charge < -0.3 is 14.1 Å². The van der Waals surface area contributed by atoms with Gasteiger partial charge in [0.05, 0.1) is 6.20 Å². The van der Waals surface area contributed by atoms with Crippen LogP contribution in [0.25, 0.3) is 21.9 Å². The Balaban J connectivity index is 1.53. The molecule has 0 spiro atoms. The highest BCUT2D eigenvalue weighted by atomic mass is 19.3. The van der Waals surface area contributed by atoms with Gasteiger partial charge in [0.2, 0.25) is 5.91 Å². The Morgan fingerprint density at radius 2 is 2.09 bits per heavy atom. The minimum Gasteiger partial charge on any atom is -0.451 e. The molecule has 2 aromatic carbocycles. The molecule has 0 radical (unpaired) electrons. The highest BCUT2D eigenvalue weighted by molar-refractivity contribution is 6.08. The van der Waals surface area contributed by atoms with E-state index in [0.717, 1.165) is 11.1 Å². The number of hydrogen-bond donors (Lipinski definition) is 0. The summed E-state index contributed by atoms with van der Waals surface area (Å²) in [5.74, 6) is -0.707. The van der Waals surface area contributed by atoms with E-state index in [2.05, 4.69) is 9.72 Å². The van der Waals surface area contributed by atoms with Crippen LogP contribution >= 0.6 is 0 Å². The number of fused-ring (bicyclic) bond motifs is 3. The molecule has 3 heterocycles.